The molecule has 0 radical (unpaired) electrons. The summed E-state index contributed by atoms with van der Waals surface area (Å²) in [6.07, 6.45) is -9.93. The van der Waals surface area contributed by atoms with Crippen LogP contribution in [-0.4, -0.2) is 4.98 Å². The van der Waals surface area contributed by atoms with E-state index in [4.69, 9.17) is 0 Å². The molecule has 1 heterocycles. The second kappa shape index (κ2) is 5.51. The van der Waals surface area contributed by atoms with E-state index >= 15 is 0 Å². The summed E-state index contributed by atoms with van der Waals surface area (Å²) in [5.74, 6) is 0. The molecule has 24 heavy (non-hydrogen) atoms. The van der Waals surface area contributed by atoms with Gasteiger partial charge in [-0.05, 0) is 40.1 Å². The molecular formula is C17H9F6N. The van der Waals surface area contributed by atoms with Crippen LogP contribution in [0.2, 0.25) is 0 Å². The summed E-state index contributed by atoms with van der Waals surface area (Å²) in [6, 6.07) is 13.0. The number of benzene rings is 2. The van der Waals surface area contributed by atoms with Crippen molar-refractivity contribution in [2.45, 2.75) is 12.4 Å². The van der Waals surface area contributed by atoms with Crippen molar-refractivity contribution in [3.8, 4) is 11.1 Å². The van der Waals surface area contributed by atoms with Crippen molar-refractivity contribution in [3.05, 3.63) is 66.0 Å². The Bertz CT molecular complexity index is 863. The fourth-order valence-corrected chi connectivity index (χ4v) is 2.36. The van der Waals surface area contributed by atoms with E-state index in [2.05, 4.69) is 4.98 Å². The molecule has 0 spiro atoms. The van der Waals surface area contributed by atoms with Gasteiger partial charge >= 0.3 is 12.4 Å². The second-order valence-corrected chi connectivity index (χ2v) is 5.18. The quantitative estimate of drug-likeness (QED) is 0.499. The Kier molecular flexibility index (Phi) is 3.74. The highest BCUT2D eigenvalue weighted by molar-refractivity contribution is 5.87. The summed E-state index contributed by atoms with van der Waals surface area (Å²) in [6.45, 7) is 0. The van der Waals surface area contributed by atoms with Gasteiger partial charge in [0.15, 0.2) is 0 Å². The van der Waals surface area contributed by atoms with Gasteiger partial charge in [0, 0.05) is 0 Å². The SMILES string of the molecule is FC(F)(F)c1cc(-c2ccc3ccccc3c2)cc(C(F)(F)F)n1. The van der Waals surface area contributed by atoms with Gasteiger partial charge in [-0.25, -0.2) is 4.98 Å². The normalized spacial score (nSPS) is 12.6. The monoisotopic (exact) mass is 341 g/mol. The molecule has 0 aliphatic heterocycles. The topological polar surface area (TPSA) is 12.9 Å². The van der Waals surface area contributed by atoms with E-state index in [1.165, 1.54) is 6.07 Å². The van der Waals surface area contributed by atoms with Gasteiger partial charge in [-0.2, -0.15) is 26.3 Å². The van der Waals surface area contributed by atoms with E-state index in [1.807, 2.05) is 0 Å². The minimum Gasteiger partial charge on any atom is -0.239 e. The van der Waals surface area contributed by atoms with Crippen molar-refractivity contribution in [3.63, 3.8) is 0 Å². The first-order chi connectivity index (χ1) is 11.1. The highest BCUT2D eigenvalue weighted by Gasteiger charge is 2.38. The third kappa shape index (κ3) is 3.20. The minimum absolute atomic E-state index is 0.185. The summed E-state index contributed by atoms with van der Waals surface area (Å²) in [7, 11) is 0. The summed E-state index contributed by atoms with van der Waals surface area (Å²) in [5, 5.41) is 1.55. The molecule has 2 aromatic carbocycles. The molecule has 0 atom stereocenters. The van der Waals surface area contributed by atoms with E-state index in [1.54, 1.807) is 36.4 Å². The summed E-state index contributed by atoms with van der Waals surface area (Å²) in [4.78, 5) is 2.71. The number of rotatable bonds is 1. The van der Waals surface area contributed by atoms with Crippen LogP contribution in [0.3, 0.4) is 0 Å². The molecule has 0 bridgehead atoms. The summed E-state index contributed by atoms with van der Waals surface area (Å²) < 4.78 is 77.2. The molecule has 3 aromatic rings. The maximum absolute atomic E-state index is 12.9. The molecule has 3 rings (SSSR count). The van der Waals surface area contributed by atoms with Crippen LogP contribution >= 0.6 is 0 Å². The van der Waals surface area contributed by atoms with Crippen LogP contribution in [0.4, 0.5) is 26.3 Å². The Morgan fingerprint density at radius 1 is 0.583 bits per heavy atom. The molecule has 124 valence electrons. The average Bonchev–Trinajstić information content (AvgIpc) is 2.52. The van der Waals surface area contributed by atoms with E-state index in [0.29, 0.717) is 17.5 Å². The third-order valence-corrected chi connectivity index (χ3v) is 3.49. The highest BCUT2D eigenvalue weighted by Crippen LogP contribution is 2.36. The summed E-state index contributed by atoms with van der Waals surface area (Å²) in [5.41, 5.74) is -3.07. The van der Waals surface area contributed by atoms with Gasteiger partial charge in [0.05, 0.1) is 0 Å². The largest absolute Gasteiger partial charge is 0.433 e. The molecule has 0 amide bonds. The molecule has 1 aromatic heterocycles. The van der Waals surface area contributed by atoms with Crippen LogP contribution in [0.5, 0.6) is 0 Å². The molecule has 0 saturated carbocycles. The predicted molar refractivity (Wildman–Crippen MR) is 77.2 cm³/mol. The number of alkyl halides is 6. The predicted octanol–water partition coefficient (Wildman–Crippen LogP) is 5.94. The van der Waals surface area contributed by atoms with Crippen molar-refractivity contribution in [2.75, 3.05) is 0 Å². The smallest absolute Gasteiger partial charge is 0.239 e. The number of aromatic nitrogens is 1. The molecule has 0 unspecified atom stereocenters. The van der Waals surface area contributed by atoms with Crippen LogP contribution < -0.4 is 0 Å². The van der Waals surface area contributed by atoms with Gasteiger partial charge in [-0.3, -0.25) is 0 Å². The van der Waals surface area contributed by atoms with Crippen LogP contribution in [-0.2, 0) is 12.4 Å². The number of fused-ring (bicyclic) bond motifs is 1. The van der Waals surface area contributed by atoms with Crippen LogP contribution in [0, 0.1) is 0 Å². The highest BCUT2D eigenvalue weighted by atomic mass is 19.4. The first kappa shape index (κ1) is 16.3. The Hall–Kier alpha value is -2.57. The fraction of sp³-hybridized carbons (Fsp3) is 0.118. The van der Waals surface area contributed by atoms with Crippen molar-refractivity contribution < 1.29 is 26.3 Å². The van der Waals surface area contributed by atoms with Gasteiger partial charge in [0.25, 0.3) is 0 Å². The zero-order valence-corrected chi connectivity index (χ0v) is 11.9. The number of hydrogen-bond acceptors (Lipinski definition) is 1. The van der Waals surface area contributed by atoms with E-state index in [9.17, 15) is 26.3 Å². The standard InChI is InChI=1S/C17H9F6N/c18-16(19,20)14-8-13(9-15(24-14)17(21,22)23)12-6-5-10-3-1-2-4-11(10)7-12/h1-9H. The fourth-order valence-electron chi connectivity index (χ4n) is 2.36. The van der Waals surface area contributed by atoms with Crippen molar-refractivity contribution >= 4 is 10.8 Å². The Morgan fingerprint density at radius 3 is 1.67 bits per heavy atom. The molecule has 1 nitrogen and oxygen atoms in total. The Morgan fingerprint density at radius 2 is 1.12 bits per heavy atom. The van der Waals surface area contributed by atoms with Crippen LogP contribution in [0.25, 0.3) is 21.9 Å². The average molecular weight is 341 g/mol. The number of hydrogen-bond donors (Lipinski definition) is 0. The molecule has 7 heteroatoms. The number of nitrogens with zero attached hydrogens (tertiary/aromatic N) is 1. The zero-order valence-electron chi connectivity index (χ0n) is 11.9. The lowest BCUT2D eigenvalue weighted by Crippen LogP contribution is -2.15. The van der Waals surface area contributed by atoms with Crippen molar-refractivity contribution in [1.29, 1.82) is 0 Å². The van der Waals surface area contributed by atoms with E-state index in [0.717, 1.165) is 5.39 Å². The van der Waals surface area contributed by atoms with Crippen molar-refractivity contribution in [1.82, 2.24) is 4.98 Å². The van der Waals surface area contributed by atoms with E-state index in [-0.39, 0.29) is 11.1 Å². The van der Waals surface area contributed by atoms with E-state index < -0.39 is 23.7 Å². The van der Waals surface area contributed by atoms with Gasteiger partial charge in [0.2, 0.25) is 0 Å². The van der Waals surface area contributed by atoms with Gasteiger partial charge < -0.3 is 0 Å². The molecular weight excluding hydrogens is 332 g/mol. The van der Waals surface area contributed by atoms with Crippen LogP contribution in [0.1, 0.15) is 11.4 Å². The molecule has 0 fully saturated rings. The molecule has 0 aliphatic rings. The number of halogens is 6. The van der Waals surface area contributed by atoms with Crippen molar-refractivity contribution in [2.24, 2.45) is 0 Å². The maximum atomic E-state index is 12.9. The molecule has 0 saturated heterocycles. The third-order valence-electron chi connectivity index (χ3n) is 3.49. The number of pyridine rings is 1. The lowest BCUT2D eigenvalue weighted by Gasteiger charge is -2.13. The van der Waals surface area contributed by atoms with Gasteiger partial charge in [0.1, 0.15) is 11.4 Å². The lowest BCUT2D eigenvalue weighted by molar-refractivity contribution is -0.150. The Balaban J connectivity index is 2.21. The van der Waals surface area contributed by atoms with Crippen LogP contribution in [0.15, 0.2) is 54.6 Å². The molecule has 0 N–H and O–H groups in total. The maximum Gasteiger partial charge on any atom is 0.433 e. The zero-order chi connectivity index (χ0) is 17.5. The molecule has 0 aliphatic carbocycles. The first-order valence-electron chi connectivity index (χ1n) is 6.80. The second-order valence-electron chi connectivity index (χ2n) is 5.18. The Labute approximate surface area is 132 Å². The lowest BCUT2D eigenvalue weighted by atomic mass is 10.0. The summed E-state index contributed by atoms with van der Waals surface area (Å²) >= 11 is 0. The minimum atomic E-state index is -4.97. The van der Waals surface area contributed by atoms with Gasteiger partial charge in [-0.1, -0.05) is 36.4 Å². The van der Waals surface area contributed by atoms with Gasteiger partial charge in [-0.15, -0.1) is 0 Å². The first-order valence-corrected chi connectivity index (χ1v) is 6.80.